The number of hydrogen-bond acceptors (Lipinski definition) is 11. The van der Waals surface area contributed by atoms with Crippen LogP contribution >= 0.6 is 0 Å². The lowest BCUT2D eigenvalue weighted by Gasteiger charge is -2.24. The van der Waals surface area contributed by atoms with Crippen LogP contribution in [0, 0.1) is 10.1 Å². The SMILES string of the molecule is COc1cc(C(C)=O)cc(OC)c1Oc1ncnc(N2CCCC2C(=O)NCC(N)=O)c1[N+](=O)[O-]. The summed E-state index contributed by atoms with van der Waals surface area (Å²) in [5, 5.41) is 14.5. The summed E-state index contributed by atoms with van der Waals surface area (Å²) in [4.78, 5) is 56.2. The van der Waals surface area contributed by atoms with Crippen molar-refractivity contribution in [2.45, 2.75) is 25.8 Å². The average Bonchev–Trinajstić information content (AvgIpc) is 3.32. The fourth-order valence-corrected chi connectivity index (χ4v) is 3.66. The quantitative estimate of drug-likeness (QED) is 0.275. The van der Waals surface area contributed by atoms with Gasteiger partial charge in [-0.15, -0.1) is 0 Å². The minimum Gasteiger partial charge on any atom is -0.493 e. The largest absolute Gasteiger partial charge is 0.493 e. The number of anilines is 1. The number of ketones is 1. The second-order valence-electron chi connectivity index (χ2n) is 7.51. The normalized spacial score (nSPS) is 14.8. The van der Waals surface area contributed by atoms with Crippen LogP contribution in [0.2, 0.25) is 0 Å². The zero-order valence-corrected chi connectivity index (χ0v) is 19.3. The van der Waals surface area contributed by atoms with E-state index >= 15 is 0 Å². The van der Waals surface area contributed by atoms with Crippen molar-refractivity contribution in [3.05, 3.63) is 34.1 Å². The van der Waals surface area contributed by atoms with Crippen molar-refractivity contribution in [2.75, 3.05) is 32.2 Å². The number of nitrogens with two attached hydrogens (primary N) is 1. The van der Waals surface area contributed by atoms with E-state index in [-0.39, 0.29) is 41.0 Å². The maximum Gasteiger partial charge on any atom is 0.373 e. The number of nitrogens with zero attached hydrogens (tertiary/aromatic N) is 4. The minimum absolute atomic E-state index is 0.0371. The minimum atomic E-state index is -0.810. The number of Topliss-reactive ketones (excluding diaryl/α,β-unsaturated/α-hetero) is 1. The lowest BCUT2D eigenvalue weighted by molar-refractivity contribution is -0.385. The third kappa shape index (κ3) is 5.37. The zero-order chi connectivity index (χ0) is 25.7. The second kappa shape index (κ2) is 10.6. The Kier molecular flexibility index (Phi) is 7.63. The van der Waals surface area contributed by atoms with Crippen molar-refractivity contribution >= 4 is 29.1 Å². The van der Waals surface area contributed by atoms with Gasteiger partial charge < -0.3 is 30.2 Å². The highest BCUT2D eigenvalue weighted by atomic mass is 16.6. The average molecular weight is 488 g/mol. The van der Waals surface area contributed by atoms with E-state index in [1.165, 1.54) is 38.2 Å². The number of nitro groups is 1. The molecule has 0 aliphatic carbocycles. The van der Waals surface area contributed by atoms with E-state index in [9.17, 15) is 24.5 Å². The molecule has 3 N–H and O–H groups in total. The smallest absolute Gasteiger partial charge is 0.373 e. The lowest BCUT2D eigenvalue weighted by Crippen LogP contribution is -2.46. The van der Waals surface area contributed by atoms with Crippen LogP contribution in [-0.4, -0.2) is 65.8 Å². The number of nitrogens with one attached hydrogen (secondary N) is 1. The third-order valence-electron chi connectivity index (χ3n) is 5.28. The summed E-state index contributed by atoms with van der Waals surface area (Å²) < 4.78 is 16.4. The summed E-state index contributed by atoms with van der Waals surface area (Å²) in [5.41, 5.74) is 4.78. The second-order valence-corrected chi connectivity index (χ2v) is 7.51. The molecule has 2 aromatic rings. The Morgan fingerprint density at radius 3 is 2.43 bits per heavy atom. The molecule has 3 rings (SSSR count). The first kappa shape index (κ1) is 25.1. The van der Waals surface area contributed by atoms with Crippen LogP contribution in [0.3, 0.4) is 0 Å². The maximum absolute atomic E-state index is 12.6. The molecule has 0 bridgehead atoms. The number of primary amides is 1. The summed E-state index contributed by atoms with van der Waals surface area (Å²) >= 11 is 0. The lowest BCUT2D eigenvalue weighted by atomic mass is 10.1. The summed E-state index contributed by atoms with van der Waals surface area (Å²) in [6, 6.07) is 2.01. The zero-order valence-electron chi connectivity index (χ0n) is 19.3. The molecule has 0 radical (unpaired) electrons. The molecule has 1 saturated heterocycles. The van der Waals surface area contributed by atoms with Gasteiger partial charge in [0.2, 0.25) is 23.4 Å². The first-order valence-electron chi connectivity index (χ1n) is 10.4. The number of carbonyl (C=O) groups excluding carboxylic acids is 3. The number of carbonyl (C=O) groups is 3. The Morgan fingerprint density at radius 1 is 1.23 bits per heavy atom. The van der Waals surface area contributed by atoms with Crippen LogP contribution in [0.1, 0.15) is 30.1 Å². The molecule has 1 aliphatic heterocycles. The molecule has 1 atom stereocenters. The molecular formula is C21H24N6O8. The Bertz CT molecular complexity index is 1150. The molecule has 1 aromatic heterocycles. The van der Waals surface area contributed by atoms with Crippen molar-refractivity contribution in [2.24, 2.45) is 5.73 Å². The number of hydrogen-bond donors (Lipinski definition) is 2. The molecule has 2 amide bonds. The van der Waals surface area contributed by atoms with Gasteiger partial charge in [-0.1, -0.05) is 0 Å². The molecule has 1 unspecified atom stereocenters. The van der Waals surface area contributed by atoms with Gasteiger partial charge in [-0.3, -0.25) is 24.5 Å². The third-order valence-corrected chi connectivity index (χ3v) is 5.28. The van der Waals surface area contributed by atoms with Crippen molar-refractivity contribution in [3.63, 3.8) is 0 Å². The molecule has 2 heterocycles. The van der Waals surface area contributed by atoms with Gasteiger partial charge in [-0.25, -0.2) is 4.98 Å². The number of amides is 2. The summed E-state index contributed by atoms with van der Waals surface area (Å²) in [7, 11) is 2.68. The maximum atomic E-state index is 12.6. The highest BCUT2D eigenvalue weighted by Crippen LogP contribution is 2.45. The van der Waals surface area contributed by atoms with Gasteiger partial charge in [0.25, 0.3) is 0 Å². The summed E-state index contributed by atoms with van der Waals surface area (Å²) in [6.07, 6.45) is 2.01. The van der Waals surface area contributed by atoms with Gasteiger partial charge in [-0.2, -0.15) is 4.98 Å². The van der Waals surface area contributed by atoms with E-state index < -0.39 is 34.3 Å². The number of ether oxygens (including phenoxy) is 3. The van der Waals surface area contributed by atoms with Gasteiger partial charge >= 0.3 is 11.6 Å². The predicted octanol–water partition coefficient (Wildman–Crippen LogP) is 0.967. The molecule has 1 aromatic carbocycles. The Balaban J connectivity index is 2.04. The van der Waals surface area contributed by atoms with Gasteiger partial charge in [0.05, 0.1) is 25.7 Å². The fourth-order valence-electron chi connectivity index (χ4n) is 3.66. The molecule has 14 nitrogen and oxygen atoms in total. The first-order valence-corrected chi connectivity index (χ1v) is 10.4. The van der Waals surface area contributed by atoms with Crippen LogP contribution in [0.25, 0.3) is 0 Å². The summed E-state index contributed by atoms with van der Waals surface area (Å²) in [5.74, 6) is -1.89. The molecule has 0 saturated carbocycles. The van der Waals surface area contributed by atoms with E-state index in [1.54, 1.807) is 0 Å². The van der Waals surface area contributed by atoms with Crippen LogP contribution in [0.4, 0.5) is 11.5 Å². The van der Waals surface area contributed by atoms with E-state index in [4.69, 9.17) is 19.9 Å². The van der Waals surface area contributed by atoms with Crippen molar-refractivity contribution in [1.29, 1.82) is 0 Å². The summed E-state index contributed by atoms with van der Waals surface area (Å²) in [6.45, 7) is 1.30. The topological polar surface area (TPSA) is 189 Å². The first-order chi connectivity index (χ1) is 16.7. The van der Waals surface area contributed by atoms with Crippen LogP contribution in [-0.2, 0) is 9.59 Å². The Labute approximate surface area is 199 Å². The number of benzene rings is 1. The van der Waals surface area contributed by atoms with Crippen LogP contribution in [0.15, 0.2) is 18.5 Å². The van der Waals surface area contributed by atoms with E-state index in [2.05, 4.69) is 15.3 Å². The van der Waals surface area contributed by atoms with Gasteiger partial charge in [0.1, 0.15) is 12.4 Å². The van der Waals surface area contributed by atoms with Crippen molar-refractivity contribution in [3.8, 4) is 23.1 Å². The number of rotatable bonds is 10. The Hall–Kier alpha value is -4.49. The van der Waals surface area contributed by atoms with Gasteiger partial charge in [0.15, 0.2) is 17.3 Å². The van der Waals surface area contributed by atoms with E-state index in [1.807, 2.05) is 0 Å². The predicted molar refractivity (Wildman–Crippen MR) is 121 cm³/mol. The molecule has 35 heavy (non-hydrogen) atoms. The van der Waals surface area contributed by atoms with Crippen molar-refractivity contribution < 1.29 is 33.5 Å². The molecule has 14 heteroatoms. The molecule has 1 fully saturated rings. The van der Waals surface area contributed by atoms with Crippen molar-refractivity contribution in [1.82, 2.24) is 15.3 Å². The van der Waals surface area contributed by atoms with E-state index in [0.717, 1.165) is 6.33 Å². The Morgan fingerprint density at radius 2 is 1.89 bits per heavy atom. The molecular weight excluding hydrogens is 464 g/mol. The highest BCUT2D eigenvalue weighted by Gasteiger charge is 2.38. The fraction of sp³-hybridized carbons (Fsp3) is 0.381. The van der Waals surface area contributed by atoms with Crippen LogP contribution in [0.5, 0.6) is 23.1 Å². The van der Waals surface area contributed by atoms with E-state index in [0.29, 0.717) is 19.4 Å². The monoisotopic (exact) mass is 488 g/mol. The van der Waals surface area contributed by atoms with Gasteiger partial charge in [0, 0.05) is 12.1 Å². The standard InChI is InChI=1S/C21H24N6O8/c1-11(28)12-7-14(33-2)18(15(8-12)34-3)35-21-17(27(31)32)19(24-10-25-21)26-6-4-5-13(26)20(30)23-9-16(22)29/h7-8,10,13H,4-6,9H2,1-3H3,(H2,22,29)(H,23,30). The molecule has 0 spiro atoms. The number of aromatic nitrogens is 2. The number of methoxy groups -OCH3 is 2. The molecule has 186 valence electrons. The highest BCUT2D eigenvalue weighted by molar-refractivity contribution is 5.95. The van der Waals surface area contributed by atoms with Crippen LogP contribution < -0.4 is 30.2 Å². The van der Waals surface area contributed by atoms with Gasteiger partial charge in [-0.05, 0) is 31.9 Å². The molecule has 1 aliphatic rings.